The summed E-state index contributed by atoms with van der Waals surface area (Å²) in [6, 6.07) is 1.70. The van der Waals surface area contributed by atoms with Crippen molar-refractivity contribution in [3.8, 4) is 0 Å². The fraction of sp³-hybridized carbons (Fsp3) is 0.455. The van der Waals surface area contributed by atoms with E-state index in [1.54, 1.807) is 20.0 Å². The summed E-state index contributed by atoms with van der Waals surface area (Å²) < 4.78 is 28.6. The lowest BCUT2D eigenvalue weighted by atomic mass is 10.4. The summed E-state index contributed by atoms with van der Waals surface area (Å²) in [7, 11) is 0.0278. The van der Waals surface area contributed by atoms with E-state index < -0.39 is 10.0 Å². The van der Waals surface area contributed by atoms with Crippen molar-refractivity contribution in [1.82, 2.24) is 24.8 Å². The molecular formula is C11H17N5O2S2. The Morgan fingerprint density at radius 2 is 2.15 bits per heavy atom. The van der Waals surface area contributed by atoms with E-state index in [1.165, 1.54) is 22.3 Å². The highest BCUT2D eigenvalue weighted by Crippen LogP contribution is 2.25. The van der Waals surface area contributed by atoms with Gasteiger partial charge in [-0.1, -0.05) is 0 Å². The SMILES string of the molecule is CNCc1cc(S(=O)(=O)NCc2ncn(C)n2)c(C)s1. The van der Waals surface area contributed by atoms with Gasteiger partial charge in [-0.05, 0) is 20.0 Å². The second-order valence-corrected chi connectivity index (χ2v) is 7.40. The van der Waals surface area contributed by atoms with Crippen molar-refractivity contribution < 1.29 is 8.42 Å². The number of thiophene rings is 1. The molecule has 0 atom stereocenters. The Morgan fingerprint density at radius 3 is 2.75 bits per heavy atom. The first-order valence-corrected chi connectivity index (χ1v) is 8.30. The molecule has 0 bridgehead atoms. The minimum absolute atomic E-state index is 0.0832. The molecule has 0 spiro atoms. The first-order valence-electron chi connectivity index (χ1n) is 6.00. The maximum absolute atomic E-state index is 12.3. The van der Waals surface area contributed by atoms with Gasteiger partial charge in [-0.2, -0.15) is 5.10 Å². The molecule has 7 nitrogen and oxygen atoms in total. The van der Waals surface area contributed by atoms with Gasteiger partial charge in [0.15, 0.2) is 5.82 Å². The van der Waals surface area contributed by atoms with E-state index in [0.717, 1.165) is 9.75 Å². The van der Waals surface area contributed by atoms with Crippen LogP contribution in [0.1, 0.15) is 15.6 Å². The van der Waals surface area contributed by atoms with Crippen molar-refractivity contribution in [1.29, 1.82) is 0 Å². The highest BCUT2D eigenvalue weighted by Gasteiger charge is 2.20. The summed E-state index contributed by atoms with van der Waals surface area (Å²) in [6.45, 7) is 2.54. The summed E-state index contributed by atoms with van der Waals surface area (Å²) in [5.74, 6) is 0.444. The molecule has 0 saturated carbocycles. The third-order valence-corrected chi connectivity index (χ3v) is 5.34. The van der Waals surface area contributed by atoms with E-state index in [9.17, 15) is 8.42 Å². The standard InChI is InChI=1S/C11H17N5O2S2/c1-8-10(4-9(19-8)5-12-2)20(17,18)14-6-11-13-7-16(3)15-11/h4,7,12,14H,5-6H2,1-3H3. The van der Waals surface area contributed by atoms with Crippen molar-refractivity contribution in [3.63, 3.8) is 0 Å². The molecular weight excluding hydrogens is 298 g/mol. The van der Waals surface area contributed by atoms with E-state index >= 15 is 0 Å². The molecule has 0 aliphatic heterocycles. The van der Waals surface area contributed by atoms with Crippen LogP contribution in [0.4, 0.5) is 0 Å². The van der Waals surface area contributed by atoms with Gasteiger partial charge in [0.1, 0.15) is 6.33 Å². The van der Waals surface area contributed by atoms with Crippen molar-refractivity contribution in [3.05, 3.63) is 28.0 Å². The zero-order valence-corrected chi connectivity index (χ0v) is 13.2. The van der Waals surface area contributed by atoms with Gasteiger partial charge in [0, 0.05) is 23.3 Å². The van der Waals surface area contributed by atoms with Crippen LogP contribution >= 0.6 is 11.3 Å². The van der Waals surface area contributed by atoms with Gasteiger partial charge < -0.3 is 5.32 Å². The molecule has 2 aromatic rings. The third kappa shape index (κ3) is 3.42. The van der Waals surface area contributed by atoms with Crippen LogP contribution in [0.5, 0.6) is 0 Å². The van der Waals surface area contributed by atoms with Gasteiger partial charge in [0.2, 0.25) is 10.0 Å². The van der Waals surface area contributed by atoms with Gasteiger partial charge in [-0.25, -0.2) is 18.1 Å². The monoisotopic (exact) mass is 315 g/mol. The minimum atomic E-state index is -3.53. The molecule has 20 heavy (non-hydrogen) atoms. The summed E-state index contributed by atoms with van der Waals surface area (Å²) in [5.41, 5.74) is 0. The molecule has 0 saturated heterocycles. The van der Waals surface area contributed by atoms with Crippen LogP contribution in [0.25, 0.3) is 0 Å². The molecule has 0 radical (unpaired) electrons. The van der Waals surface area contributed by atoms with Gasteiger partial charge in [0.25, 0.3) is 0 Å². The van der Waals surface area contributed by atoms with Crippen molar-refractivity contribution >= 4 is 21.4 Å². The maximum atomic E-state index is 12.3. The zero-order valence-electron chi connectivity index (χ0n) is 11.5. The van der Waals surface area contributed by atoms with E-state index in [0.29, 0.717) is 17.3 Å². The quantitative estimate of drug-likeness (QED) is 0.804. The van der Waals surface area contributed by atoms with Crippen LogP contribution in [-0.2, 0) is 30.2 Å². The van der Waals surface area contributed by atoms with Crippen LogP contribution < -0.4 is 10.0 Å². The fourth-order valence-electron chi connectivity index (χ4n) is 1.75. The summed E-state index contributed by atoms with van der Waals surface area (Å²) in [6.07, 6.45) is 1.53. The molecule has 9 heteroatoms. The Hall–Kier alpha value is -1.29. The number of rotatable bonds is 6. The number of aryl methyl sites for hydroxylation is 2. The average Bonchev–Trinajstić information content (AvgIpc) is 2.94. The van der Waals surface area contributed by atoms with E-state index in [4.69, 9.17) is 0 Å². The Morgan fingerprint density at radius 1 is 1.40 bits per heavy atom. The van der Waals surface area contributed by atoms with E-state index in [2.05, 4.69) is 20.1 Å². The fourth-order valence-corrected chi connectivity index (χ4v) is 4.38. The van der Waals surface area contributed by atoms with Crippen LogP contribution in [-0.4, -0.2) is 30.2 Å². The number of hydrogen-bond donors (Lipinski definition) is 2. The predicted molar refractivity (Wildman–Crippen MR) is 76.8 cm³/mol. The highest BCUT2D eigenvalue weighted by atomic mass is 32.2. The topological polar surface area (TPSA) is 88.9 Å². The Kier molecular flexibility index (Phi) is 4.53. The lowest BCUT2D eigenvalue weighted by molar-refractivity contribution is 0.578. The summed E-state index contributed by atoms with van der Waals surface area (Å²) >= 11 is 1.47. The van der Waals surface area contributed by atoms with Crippen molar-refractivity contribution in [2.45, 2.75) is 24.9 Å². The first kappa shape index (κ1) is 15.1. The van der Waals surface area contributed by atoms with Gasteiger partial charge in [-0.15, -0.1) is 11.3 Å². The number of aromatic nitrogens is 3. The lowest BCUT2D eigenvalue weighted by Gasteiger charge is -2.03. The molecule has 0 unspecified atom stereocenters. The number of sulfonamides is 1. The number of hydrogen-bond acceptors (Lipinski definition) is 6. The Balaban J connectivity index is 2.13. The molecule has 0 fully saturated rings. The Labute approximate surface area is 122 Å². The molecule has 2 rings (SSSR count). The molecule has 0 aromatic carbocycles. The first-order chi connectivity index (χ1) is 9.42. The lowest BCUT2D eigenvalue weighted by Crippen LogP contribution is -2.24. The molecule has 2 aromatic heterocycles. The number of nitrogens with zero attached hydrogens (tertiary/aromatic N) is 3. The van der Waals surface area contributed by atoms with E-state index in [1.807, 2.05) is 7.05 Å². The molecule has 110 valence electrons. The normalized spacial score (nSPS) is 11.9. The number of nitrogens with one attached hydrogen (secondary N) is 2. The third-order valence-electron chi connectivity index (χ3n) is 2.63. The molecule has 0 amide bonds. The van der Waals surface area contributed by atoms with Crippen LogP contribution in [0.2, 0.25) is 0 Å². The predicted octanol–water partition coefficient (Wildman–Crippen LogP) is 0.383. The van der Waals surface area contributed by atoms with E-state index in [-0.39, 0.29) is 6.54 Å². The average molecular weight is 315 g/mol. The molecule has 2 N–H and O–H groups in total. The molecule has 0 aliphatic carbocycles. The van der Waals surface area contributed by atoms with Crippen molar-refractivity contribution in [2.75, 3.05) is 7.05 Å². The zero-order chi connectivity index (χ0) is 14.8. The van der Waals surface area contributed by atoms with Crippen LogP contribution in [0.3, 0.4) is 0 Å². The van der Waals surface area contributed by atoms with Gasteiger partial charge in [-0.3, -0.25) is 4.68 Å². The van der Waals surface area contributed by atoms with Crippen LogP contribution in [0.15, 0.2) is 17.3 Å². The maximum Gasteiger partial charge on any atom is 0.242 e. The second-order valence-electron chi connectivity index (χ2n) is 4.32. The largest absolute Gasteiger partial charge is 0.315 e. The minimum Gasteiger partial charge on any atom is -0.315 e. The Bertz CT molecular complexity index is 689. The summed E-state index contributed by atoms with van der Waals surface area (Å²) in [4.78, 5) is 6.07. The van der Waals surface area contributed by atoms with Crippen LogP contribution in [0, 0.1) is 6.92 Å². The smallest absolute Gasteiger partial charge is 0.242 e. The van der Waals surface area contributed by atoms with Gasteiger partial charge in [0.05, 0.1) is 11.4 Å². The van der Waals surface area contributed by atoms with Crippen molar-refractivity contribution in [2.24, 2.45) is 7.05 Å². The molecule has 2 heterocycles. The second kappa shape index (κ2) is 6.00. The highest BCUT2D eigenvalue weighted by molar-refractivity contribution is 7.89. The molecule has 0 aliphatic rings. The van der Waals surface area contributed by atoms with Gasteiger partial charge >= 0.3 is 0 Å². The summed E-state index contributed by atoms with van der Waals surface area (Å²) in [5, 5.41) is 7.04.